The van der Waals surface area contributed by atoms with Crippen LogP contribution >= 0.6 is 11.3 Å². The number of anilines is 1. The van der Waals surface area contributed by atoms with Crippen LogP contribution in [0.3, 0.4) is 0 Å². The molecule has 1 aliphatic heterocycles. The zero-order valence-electron chi connectivity index (χ0n) is 12.8. The predicted molar refractivity (Wildman–Crippen MR) is 89.3 cm³/mol. The number of aromatic nitrogens is 4. The van der Waals surface area contributed by atoms with E-state index in [1.165, 1.54) is 6.42 Å². The van der Waals surface area contributed by atoms with E-state index in [-0.39, 0.29) is 0 Å². The van der Waals surface area contributed by atoms with Crippen LogP contribution in [0.2, 0.25) is 0 Å². The molecule has 2 atom stereocenters. The molecule has 114 valence electrons. The highest BCUT2D eigenvalue weighted by molar-refractivity contribution is 7.08. The van der Waals surface area contributed by atoms with Gasteiger partial charge in [0.05, 0.1) is 0 Å². The van der Waals surface area contributed by atoms with Crippen molar-refractivity contribution in [1.82, 2.24) is 19.8 Å². The number of piperidine rings is 1. The summed E-state index contributed by atoms with van der Waals surface area (Å²) in [5, 5.41) is 17.5. The Morgan fingerprint density at radius 3 is 2.64 bits per heavy atom. The minimum absolute atomic E-state index is 0.707. The van der Waals surface area contributed by atoms with Crippen molar-refractivity contribution in [2.45, 2.75) is 20.3 Å². The minimum Gasteiger partial charge on any atom is -0.355 e. The number of hydrogen-bond acceptors (Lipinski definition) is 5. The Bertz CT molecular complexity index is 769. The SMILES string of the molecule is CC1CC(C)CN(c2ccc3nnc(-c4ccsc4)n3n2)C1. The van der Waals surface area contributed by atoms with Crippen molar-refractivity contribution in [1.29, 1.82) is 0 Å². The lowest BCUT2D eigenvalue weighted by molar-refractivity contribution is 0.354. The number of nitrogens with zero attached hydrogens (tertiary/aromatic N) is 5. The lowest BCUT2D eigenvalue weighted by Gasteiger charge is -2.35. The summed E-state index contributed by atoms with van der Waals surface area (Å²) >= 11 is 1.66. The van der Waals surface area contributed by atoms with E-state index in [0.717, 1.165) is 35.9 Å². The molecule has 0 spiro atoms. The lowest BCUT2D eigenvalue weighted by Crippen LogP contribution is -2.39. The third-order valence-corrected chi connectivity index (χ3v) is 4.90. The monoisotopic (exact) mass is 313 g/mol. The average molecular weight is 313 g/mol. The van der Waals surface area contributed by atoms with Gasteiger partial charge in [0.25, 0.3) is 0 Å². The fourth-order valence-electron chi connectivity index (χ4n) is 3.37. The highest BCUT2D eigenvalue weighted by Gasteiger charge is 2.23. The van der Waals surface area contributed by atoms with Crippen molar-refractivity contribution in [3.05, 3.63) is 29.0 Å². The quantitative estimate of drug-likeness (QED) is 0.728. The Hall–Kier alpha value is -1.95. The maximum Gasteiger partial charge on any atom is 0.186 e. The Morgan fingerprint density at radius 1 is 1.09 bits per heavy atom. The van der Waals surface area contributed by atoms with Crippen molar-refractivity contribution in [2.75, 3.05) is 18.0 Å². The van der Waals surface area contributed by atoms with Gasteiger partial charge in [-0.05, 0) is 41.8 Å². The van der Waals surface area contributed by atoms with E-state index in [1.54, 1.807) is 11.3 Å². The van der Waals surface area contributed by atoms with Crippen LogP contribution in [0.5, 0.6) is 0 Å². The van der Waals surface area contributed by atoms with Gasteiger partial charge in [0.15, 0.2) is 11.5 Å². The van der Waals surface area contributed by atoms with Crippen LogP contribution in [0.25, 0.3) is 17.0 Å². The van der Waals surface area contributed by atoms with Crippen LogP contribution < -0.4 is 4.90 Å². The molecule has 1 aliphatic rings. The smallest absolute Gasteiger partial charge is 0.186 e. The highest BCUT2D eigenvalue weighted by atomic mass is 32.1. The summed E-state index contributed by atoms with van der Waals surface area (Å²) in [6, 6.07) is 6.13. The van der Waals surface area contributed by atoms with Crippen LogP contribution in [0.15, 0.2) is 29.0 Å². The van der Waals surface area contributed by atoms with Crippen molar-refractivity contribution in [3.63, 3.8) is 0 Å². The van der Waals surface area contributed by atoms with Crippen molar-refractivity contribution >= 4 is 22.8 Å². The summed E-state index contributed by atoms with van der Waals surface area (Å²) in [5.74, 6) is 3.25. The molecule has 0 aromatic carbocycles. The van der Waals surface area contributed by atoms with Gasteiger partial charge in [0, 0.05) is 24.0 Å². The van der Waals surface area contributed by atoms with Crippen LogP contribution in [0, 0.1) is 11.8 Å². The highest BCUT2D eigenvalue weighted by Crippen LogP contribution is 2.26. The van der Waals surface area contributed by atoms with E-state index < -0.39 is 0 Å². The van der Waals surface area contributed by atoms with Gasteiger partial charge < -0.3 is 4.90 Å². The van der Waals surface area contributed by atoms with Crippen LogP contribution in [-0.4, -0.2) is 32.9 Å². The summed E-state index contributed by atoms with van der Waals surface area (Å²) in [6.07, 6.45) is 1.30. The van der Waals surface area contributed by atoms with Gasteiger partial charge in [-0.25, -0.2) is 0 Å². The van der Waals surface area contributed by atoms with E-state index in [0.29, 0.717) is 11.8 Å². The van der Waals surface area contributed by atoms with E-state index >= 15 is 0 Å². The second-order valence-corrected chi connectivity index (χ2v) is 7.13. The molecule has 22 heavy (non-hydrogen) atoms. The van der Waals surface area contributed by atoms with Gasteiger partial charge in [-0.15, -0.1) is 15.3 Å². The topological polar surface area (TPSA) is 46.3 Å². The van der Waals surface area contributed by atoms with Crippen molar-refractivity contribution < 1.29 is 0 Å². The van der Waals surface area contributed by atoms with Gasteiger partial charge in [-0.3, -0.25) is 0 Å². The first-order chi connectivity index (χ1) is 10.7. The van der Waals surface area contributed by atoms with Gasteiger partial charge in [-0.2, -0.15) is 15.9 Å². The van der Waals surface area contributed by atoms with E-state index in [9.17, 15) is 0 Å². The van der Waals surface area contributed by atoms with Gasteiger partial charge in [-0.1, -0.05) is 13.8 Å². The second kappa shape index (κ2) is 5.35. The average Bonchev–Trinajstić information content (AvgIpc) is 3.14. The normalized spacial score (nSPS) is 22.4. The molecule has 0 amide bonds. The number of thiophene rings is 1. The molecular weight excluding hydrogens is 294 g/mol. The lowest BCUT2D eigenvalue weighted by atomic mass is 9.92. The molecule has 1 fully saturated rings. The third kappa shape index (κ3) is 2.37. The van der Waals surface area contributed by atoms with Crippen molar-refractivity contribution in [2.24, 2.45) is 11.8 Å². The number of fused-ring (bicyclic) bond motifs is 1. The molecule has 1 saturated heterocycles. The number of hydrogen-bond donors (Lipinski definition) is 0. The molecule has 0 bridgehead atoms. The summed E-state index contributed by atoms with van der Waals surface area (Å²) in [5.41, 5.74) is 1.87. The number of rotatable bonds is 2. The third-order valence-electron chi connectivity index (χ3n) is 4.22. The summed E-state index contributed by atoms with van der Waals surface area (Å²) in [7, 11) is 0. The predicted octanol–water partition coefficient (Wildman–Crippen LogP) is 3.34. The Kier molecular flexibility index (Phi) is 3.33. The Balaban J connectivity index is 1.75. The van der Waals surface area contributed by atoms with Gasteiger partial charge >= 0.3 is 0 Å². The minimum atomic E-state index is 0.707. The zero-order valence-corrected chi connectivity index (χ0v) is 13.6. The fraction of sp³-hybridized carbons (Fsp3) is 0.438. The van der Waals surface area contributed by atoms with E-state index in [2.05, 4.69) is 46.5 Å². The maximum atomic E-state index is 4.81. The van der Waals surface area contributed by atoms with Gasteiger partial charge in [0.2, 0.25) is 0 Å². The molecule has 3 aromatic heterocycles. The van der Waals surface area contributed by atoms with Gasteiger partial charge in [0.1, 0.15) is 5.82 Å². The van der Waals surface area contributed by atoms with Crippen LogP contribution in [0.1, 0.15) is 20.3 Å². The maximum absolute atomic E-state index is 4.81. The van der Waals surface area contributed by atoms with Crippen LogP contribution in [-0.2, 0) is 0 Å². The summed E-state index contributed by atoms with van der Waals surface area (Å²) in [6.45, 7) is 6.77. The van der Waals surface area contributed by atoms with E-state index in [1.807, 2.05) is 16.0 Å². The molecule has 6 heteroatoms. The van der Waals surface area contributed by atoms with Crippen LogP contribution in [0.4, 0.5) is 5.82 Å². The van der Waals surface area contributed by atoms with Crippen molar-refractivity contribution in [3.8, 4) is 11.4 Å². The molecule has 0 aliphatic carbocycles. The fourth-order valence-corrected chi connectivity index (χ4v) is 4.00. The Morgan fingerprint density at radius 2 is 1.91 bits per heavy atom. The summed E-state index contributed by atoms with van der Waals surface area (Å²) < 4.78 is 1.86. The first-order valence-corrected chi connectivity index (χ1v) is 8.65. The molecule has 2 unspecified atom stereocenters. The molecule has 0 radical (unpaired) electrons. The first kappa shape index (κ1) is 13.7. The molecule has 4 rings (SSSR count). The largest absolute Gasteiger partial charge is 0.355 e. The molecule has 0 N–H and O–H groups in total. The Labute approximate surface area is 133 Å². The second-order valence-electron chi connectivity index (χ2n) is 6.35. The van der Waals surface area contributed by atoms with E-state index in [4.69, 9.17) is 5.10 Å². The molecule has 0 saturated carbocycles. The standard InChI is InChI=1S/C16H19N5S/c1-11-7-12(2)9-20(8-11)15-4-3-14-17-18-16(21(14)19-15)13-5-6-22-10-13/h3-6,10-12H,7-9H2,1-2H3. The summed E-state index contributed by atoms with van der Waals surface area (Å²) in [4.78, 5) is 2.38. The molecule has 4 heterocycles. The molecular formula is C16H19N5S. The zero-order chi connectivity index (χ0) is 15.1. The molecule has 3 aromatic rings. The molecule has 5 nitrogen and oxygen atoms in total. The first-order valence-electron chi connectivity index (χ1n) is 7.70.